The molecule has 1 saturated carbocycles. The second-order valence-corrected chi connectivity index (χ2v) is 5.09. The molecule has 0 radical (unpaired) electrons. The number of hydrogen-bond donors (Lipinski definition) is 1. The Kier molecular flexibility index (Phi) is 4.15. The van der Waals surface area contributed by atoms with Crippen molar-refractivity contribution in [2.45, 2.75) is 31.6 Å². The zero-order valence-corrected chi connectivity index (χ0v) is 10.1. The average Bonchev–Trinajstić information content (AvgIpc) is 2.58. The molecule has 0 saturated heterocycles. The molecule has 2 nitrogen and oxygen atoms in total. The van der Waals surface area contributed by atoms with Crippen molar-refractivity contribution in [2.75, 3.05) is 12.8 Å². The molecule has 15 heavy (non-hydrogen) atoms. The van der Waals surface area contributed by atoms with Gasteiger partial charge in [-0.2, -0.15) is 11.8 Å². The van der Waals surface area contributed by atoms with E-state index in [4.69, 9.17) is 4.42 Å². The lowest BCUT2D eigenvalue weighted by atomic mass is 9.85. The lowest BCUT2D eigenvalue weighted by molar-refractivity contribution is 0.297. The molecule has 3 heteroatoms. The van der Waals surface area contributed by atoms with E-state index in [0.29, 0.717) is 0 Å². The Morgan fingerprint density at radius 2 is 2.20 bits per heavy atom. The van der Waals surface area contributed by atoms with E-state index in [1.807, 2.05) is 0 Å². The van der Waals surface area contributed by atoms with E-state index in [9.17, 15) is 0 Å². The van der Waals surface area contributed by atoms with Crippen LogP contribution < -0.4 is 5.32 Å². The normalized spacial score (nSPS) is 16.6. The summed E-state index contributed by atoms with van der Waals surface area (Å²) in [6.45, 7) is 2.03. The number of nitrogens with one attached hydrogen (secondary N) is 1. The summed E-state index contributed by atoms with van der Waals surface area (Å²) in [6, 6.07) is 4.16. The van der Waals surface area contributed by atoms with Crippen molar-refractivity contribution < 1.29 is 4.42 Å². The van der Waals surface area contributed by atoms with Gasteiger partial charge in [-0.3, -0.25) is 0 Å². The van der Waals surface area contributed by atoms with Crippen molar-refractivity contribution in [1.29, 1.82) is 0 Å². The molecule has 1 aliphatic rings. The van der Waals surface area contributed by atoms with E-state index in [1.54, 1.807) is 11.8 Å². The number of rotatable bonds is 6. The van der Waals surface area contributed by atoms with E-state index in [1.165, 1.54) is 19.3 Å². The van der Waals surface area contributed by atoms with Crippen LogP contribution in [-0.4, -0.2) is 12.8 Å². The lowest BCUT2D eigenvalue weighted by Gasteiger charge is -2.25. The fraction of sp³-hybridized carbons (Fsp3) is 0.667. The predicted octanol–water partition coefficient (Wildman–Crippen LogP) is 3.03. The number of thioether (sulfide) groups is 1. The average molecular weight is 225 g/mol. The van der Waals surface area contributed by atoms with E-state index in [2.05, 4.69) is 23.7 Å². The van der Waals surface area contributed by atoms with Gasteiger partial charge in [0.25, 0.3) is 0 Å². The second-order valence-electron chi connectivity index (χ2n) is 4.23. The molecule has 0 bridgehead atoms. The molecular weight excluding hydrogens is 206 g/mol. The van der Waals surface area contributed by atoms with Crippen molar-refractivity contribution in [3.8, 4) is 0 Å². The van der Waals surface area contributed by atoms with Crippen LogP contribution in [0.4, 0.5) is 0 Å². The number of furan rings is 1. The van der Waals surface area contributed by atoms with Crippen molar-refractivity contribution in [2.24, 2.45) is 5.92 Å². The SMILES string of the molecule is CSCc1ccc(CNCC2CCC2)o1. The number of hydrogen-bond acceptors (Lipinski definition) is 3. The molecule has 0 aliphatic heterocycles. The van der Waals surface area contributed by atoms with Crippen LogP contribution in [0.5, 0.6) is 0 Å². The van der Waals surface area contributed by atoms with Gasteiger partial charge in [-0.05, 0) is 43.7 Å². The van der Waals surface area contributed by atoms with Crippen LogP contribution in [0.2, 0.25) is 0 Å². The van der Waals surface area contributed by atoms with Gasteiger partial charge < -0.3 is 9.73 Å². The summed E-state index contributed by atoms with van der Waals surface area (Å²) in [4.78, 5) is 0. The first-order valence-corrected chi connectivity index (χ1v) is 7.05. The van der Waals surface area contributed by atoms with Crippen LogP contribution >= 0.6 is 11.8 Å². The van der Waals surface area contributed by atoms with Crippen LogP contribution in [-0.2, 0) is 12.3 Å². The molecule has 0 spiro atoms. The maximum absolute atomic E-state index is 5.67. The van der Waals surface area contributed by atoms with Gasteiger partial charge in [-0.25, -0.2) is 0 Å². The summed E-state index contributed by atoms with van der Waals surface area (Å²) >= 11 is 1.80. The molecular formula is C12H19NOS. The predicted molar refractivity (Wildman–Crippen MR) is 65.0 cm³/mol. The third kappa shape index (κ3) is 3.28. The van der Waals surface area contributed by atoms with Gasteiger partial charge in [0.15, 0.2) is 0 Å². The molecule has 0 aromatic carbocycles. The minimum atomic E-state index is 0.880. The maximum atomic E-state index is 5.67. The van der Waals surface area contributed by atoms with Crippen LogP contribution in [0.3, 0.4) is 0 Å². The Labute approximate surface area is 95.8 Å². The van der Waals surface area contributed by atoms with Gasteiger partial charge in [0.05, 0.1) is 12.3 Å². The summed E-state index contributed by atoms with van der Waals surface area (Å²) in [6.07, 6.45) is 6.33. The van der Waals surface area contributed by atoms with Crippen molar-refractivity contribution in [1.82, 2.24) is 5.32 Å². The molecule has 84 valence electrons. The minimum absolute atomic E-state index is 0.880. The van der Waals surface area contributed by atoms with Crippen molar-refractivity contribution in [3.63, 3.8) is 0 Å². The zero-order valence-electron chi connectivity index (χ0n) is 9.29. The summed E-state index contributed by atoms with van der Waals surface area (Å²) in [5, 5.41) is 3.46. The highest BCUT2D eigenvalue weighted by Gasteiger charge is 2.16. The molecule has 1 heterocycles. The van der Waals surface area contributed by atoms with Crippen LogP contribution in [0.25, 0.3) is 0 Å². The third-order valence-electron chi connectivity index (χ3n) is 2.96. The standard InChI is InChI=1S/C12H19NOS/c1-15-9-12-6-5-11(14-12)8-13-7-10-3-2-4-10/h5-6,10,13H,2-4,7-9H2,1H3. The molecule has 0 amide bonds. The van der Waals surface area contributed by atoms with Gasteiger partial charge in [0, 0.05) is 0 Å². The highest BCUT2D eigenvalue weighted by atomic mass is 32.2. The van der Waals surface area contributed by atoms with Gasteiger partial charge in [-0.15, -0.1) is 0 Å². The molecule has 0 atom stereocenters. The Bertz CT molecular complexity index is 294. The monoisotopic (exact) mass is 225 g/mol. The first-order valence-electron chi connectivity index (χ1n) is 5.65. The van der Waals surface area contributed by atoms with Crippen LogP contribution in [0.1, 0.15) is 30.8 Å². The summed E-state index contributed by atoms with van der Waals surface area (Å²) in [5.41, 5.74) is 0. The molecule has 0 unspecified atom stereocenters. The summed E-state index contributed by atoms with van der Waals surface area (Å²) in [7, 11) is 0. The van der Waals surface area contributed by atoms with E-state index >= 15 is 0 Å². The minimum Gasteiger partial charge on any atom is -0.464 e. The first-order chi connectivity index (χ1) is 7.38. The van der Waals surface area contributed by atoms with E-state index in [0.717, 1.165) is 36.3 Å². The summed E-state index contributed by atoms with van der Waals surface area (Å²) < 4.78 is 5.67. The van der Waals surface area contributed by atoms with E-state index in [-0.39, 0.29) is 0 Å². The van der Waals surface area contributed by atoms with Gasteiger partial charge in [0.1, 0.15) is 11.5 Å². The first kappa shape index (κ1) is 11.1. The Morgan fingerprint density at radius 1 is 1.40 bits per heavy atom. The fourth-order valence-corrected chi connectivity index (χ4v) is 2.27. The Balaban J connectivity index is 1.67. The van der Waals surface area contributed by atoms with Gasteiger partial charge in [-0.1, -0.05) is 6.42 Å². The second kappa shape index (κ2) is 5.61. The zero-order chi connectivity index (χ0) is 10.5. The quantitative estimate of drug-likeness (QED) is 0.805. The Hall–Kier alpha value is -0.410. The largest absolute Gasteiger partial charge is 0.464 e. The maximum Gasteiger partial charge on any atom is 0.117 e. The molecule has 1 aliphatic carbocycles. The van der Waals surface area contributed by atoms with E-state index < -0.39 is 0 Å². The fourth-order valence-electron chi connectivity index (χ4n) is 1.83. The van der Waals surface area contributed by atoms with Gasteiger partial charge >= 0.3 is 0 Å². The molecule has 1 aromatic heterocycles. The smallest absolute Gasteiger partial charge is 0.117 e. The summed E-state index contributed by atoms with van der Waals surface area (Å²) in [5.74, 6) is 4.05. The highest BCUT2D eigenvalue weighted by Crippen LogP contribution is 2.25. The van der Waals surface area contributed by atoms with Crippen molar-refractivity contribution >= 4 is 11.8 Å². The third-order valence-corrected chi connectivity index (χ3v) is 3.53. The van der Waals surface area contributed by atoms with Crippen LogP contribution in [0.15, 0.2) is 16.5 Å². The van der Waals surface area contributed by atoms with Gasteiger partial charge in [0.2, 0.25) is 0 Å². The molecule has 1 N–H and O–H groups in total. The van der Waals surface area contributed by atoms with Crippen molar-refractivity contribution in [3.05, 3.63) is 23.7 Å². The molecule has 1 fully saturated rings. The molecule has 2 rings (SSSR count). The topological polar surface area (TPSA) is 25.2 Å². The highest BCUT2D eigenvalue weighted by molar-refractivity contribution is 7.97. The lowest BCUT2D eigenvalue weighted by Crippen LogP contribution is -2.26. The molecule has 1 aromatic rings. The Morgan fingerprint density at radius 3 is 2.87 bits per heavy atom. The van der Waals surface area contributed by atoms with Crippen LogP contribution in [0, 0.1) is 5.92 Å².